The molecule has 3 unspecified atom stereocenters. The fourth-order valence-corrected chi connectivity index (χ4v) is 5.64. The minimum atomic E-state index is -1.61. The number of benzene rings is 3. The second kappa shape index (κ2) is 10.4. The first-order valence-corrected chi connectivity index (χ1v) is 12.8. The molecular formula is C28H27N3O8S. The summed E-state index contributed by atoms with van der Waals surface area (Å²) in [7, 11) is 1.20. The average Bonchev–Trinajstić information content (AvgIpc) is 3.23. The summed E-state index contributed by atoms with van der Waals surface area (Å²) < 4.78 is 17.9. The van der Waals surface area contributed by atoms with Crippen LogP contribution in [-0.2, 0) is 24.7 Å². The highest BCUT2D eigenvalue weighted by Crippen LogP contribution is 2.60. The van der Waals surface area contributed by atoms with E-state index in [4.69, 9.17) is 25.7 Å². The molecule has 11 nitrogen and oxygen atoms in total. The van der Waals surface area contributed by atoms with E-state index in [1.54, 1.807) is 30.3 Å². The van der Waals surface area contributed by atoms with Crippen LogP contribution in [0.4, 0.5) is 5.69 Å². The molecule has 2 aliphatic heterocycles. The van der Waals surface area contributed by atoms with Crippen LogP contribution >= 0.6 is 12.8 Å². The molecule has 0 aromatic heterocycles. The molecular weight excluding hydrogens is 538 g/mol. The lowest BCUT2D eigenvalue weighted by molar-refractivity contribution is -0.142. The van der Waals surface area contributed by atoms with E-state index in [1.165, 1.54) is 31.4 Å². The maximum atomic E-state index is 13.8. The second-order valence-corrected chi connectivity index (χ2v) is 9.93. The minimum absolute atomic E-state index is 0.0671. The fraction of sp³-hybridized carbons (Fsp3) is 0.250. The quantitative estimate of drug-likeness (QED) is 0.212. The SMILES string of the molecule is COC(=O)C(N)CC(CCN)C(=O)N(S)c1cc(O)cc2c1C1(OC(=O)c3ccccc31)c1ccc(O)cc1O2. The standard InChI is InChI=1S/C28H27N3O8S/c1-37-27(36)20(30)10-14(8-9-29)25(34)31(40)21-11-16(33)13-23-24(21)28(19-7-6-15(32)12-22(19)38-23)18-5-3-2-4-17(18)26(35)39-28/h2-7,11-14,20,32-33,40H,8-10,29-30H2,1H3. The van der Waals surface area contributed by atoms with Gasteiger partial charge in [-0.2, -0.15) is 0 Å². The van der Waals surface area contributed by atoms with Crippen LogP contribution < -0.4 is 20.5 Å². The average molecular weight is 566 g/mol. The Bertz CT molecular complexity index is 1530. The third-order valence-electron chi connectivity index (χ3n) is 7.10. The van der Waals surface area contributed by atoms with E-state index in [-0.39, 0.29) is 53.6 Å². The van der Waals surface area contributed by atoms with Gasteiger partial charge in [-0.25, -0.2) is 4.79 Å². The van der Waals surface area contributed by atoms with Gasteiger partial charge in [0.25, 0.3) is 0 Å². The number of nitrogens with two attached hydrogens (primary N) is 2. The molecule has 6 N–H and O–H groups in total. The first kappa shape index (κ1) is 27.3. The number of ether oxygens (including phenoxy) is 3. The maximum Gasteiger partial charge on any atom is 0.340 e. The number of methoxy groups -OCH3 is 1. The van der Waals surface area contributed by atoms with Gasteiger partial charge in [0.2, 0.25) is 5.91 Å². The van der Waals surface area contributed by atoms with Crippen LogP contribution in [0.25, 0.3) is 0 Å². The third kappa shape index (κ3) is 4.30. The van der Waals surface area contributed by atoms with Crippen molar-refractivity contribution in [1.82, 2.24) is 0 Å². The summed E-state index contributed by atoms with van der Waals surface area (Å²) in [5.74, 6) is -2.78. The molecule has 2 heterocycles. The molecule has 0 saturated heterocycles. The molecule has 3 atom stereocenters. The Hall–Kier alpha value is -4.26. The highest BCUT2D eigenvalue weighted by atomic mass is 32.1. The smallest absolute Gasteiger partial charge is 0.340 e. The van der Waals surface area contributed by atoms with Crippen LogP contribution in [-0.4, -0.2) is 47.8 Å². The zero-order chi connectivity index (χ0) is 28.8. The number of anilines is 1. The molecule has 12 heteroatoms. The lowest BCUT2D eigenvalue weighted by Gasteiger charge is -2.39. The number of esters is 2. The van der Waals surface area contributed by atoms with Crippen LogP contribution in [0.2, 0.25) is 0 Å². The van der Waals surface area contributed by atoms with Crippen LogP contribution in [0, 0.1) is 5.92 Å². The van der Waals surface area contributed by atoms with E-state index in [1.807, 2.05) is 0 Å². The first-order valence-electron chi connectivity index (χ1n) is 12.4. The van der Waals surface area contributed by atoms with Crippen molar-refractivity contribution in [2.45, 2.75) is 24.5 Å². The molecule has 0 radical (unpaired) electrons. The fourth-order valence-electron chi connectivity index (χ4n) is 5.32. The molecule has 0 aliphatic carbocycles. The number of phenolic OH excluding ortho intramolecular Hbond substituents is 2. The number of thiol groups is 1. The van der Waals surface area contributed by atoms with Gasteiger partial charge in [0.1, 0.15) is 29.0 Å². The van der Waals surface area contributed by atoms with Crippen LogP contribution in [0.15, 0.2) is 54.6 Å². The largest absolute Gasteiger partial charge is 0.508 e. The molecule has 0 fully saturated rings. The number of hydrogen-bond acceptors (Lipinski definition) is 11. The van der Waals surface area contributed by atoms with Crippen molar-refractivity contribution in [2.24, 2.45) is 17.4 Å². The second-order valence-electron chi connectivity index (χ2n) is 9.53. The van der Waals surface area contributed by atoms with Gasteiger partial charge >= 0.3 is 11.9 Å². The molecule has 2 aliphatic rings. The van der Waals surface area contributed by atoms with Crippen molar-refractivity contribution < 1.29 is 38.8 Å². The van der Waals surface area contributed by atoms with Crippen molar-refractivity contribution in [3.63, 3.8) is 0 Å². The van der Waals surface area contributed by atoms with E-state index in [2.05, 4.69) is 12.8 Å². The Morgan fingerprint density at radius 2 is 1.80 bits per heavy atom. The molecule has 1 spiro atoms. The summed E-state index contributed by atoms with van der Waals surface area (Å²) in [6, 6.07) is 12.7. The van der Waals surface area contributed by atoms with Gasteiger partial charge in [-0.05, 0) is 37.6 Å². The van der Waals surface area contributed by atoms with Gasteiger partial charge in [-0.15, -0.1) is 0 Å². The van der Waals surface area contributed by atoms with E-state index < -0.39 is 35.4 Å². The van der Waals surface area contributed by atoms with Crippen molar-refractivity contribution in [3.05, 3.63) is 76.9 Å². The van der Waals surface area contributed by atoms with Gasteiger partial charge in [0, 0.05) is 35.2 Å². The predicted octanol–water partition coefficient (Wildman–Crippen LogP) is 2.70. The Morgan fingerprint density at radius 1 is 1.07 bits per heavy atom. The van der Waals surface area contributed by atoms with E-state index in [9.17, 15) is 24.6 Å². The third-order valence-corrected chi connectivity index (χ3v) is 7.51. The number of carbonyl (C=O) groups is 3. The summed E-state index contributed by atoms with van der Waals surface area (Å²) in [6.45, 7) is 0.124. The van der Waals surface area contributed by atoms with Gasteiger partial charge in [0.15, 0.2) is 5.60 Å². The first-order chi connectivity index (χ1) is 19.1. The van der Waals surface area contributed by atoms with Crippen molar-refractivity contribution in [3.8, 4) is 23.0 Å². The van der Waals surface area contributed by atoms with Gasteiger partial charge in [0.05, 0.1) is 23.9 Å². The Balaban J connectivity index is 1.70. The number of phenols is 2. The molecule has 40 heavy (non-hydrogen) atoms. The topological polar surface area (TPSA) is 175 Å². The zero-order valence-corrected chi connectivity index (χ0v) is 22.3. The number of rotatable bonds is 7. The number of nitrogens with zero attached hydrogens (tertiary/aromatic N) is 1. The number of carbonyl (C=O) groups excluding carboxylic acids is 3. The van der Waals surface area contributed by atoms with Crippen LogP contribution in [0.1, 0.15) is 39.9 Å². The highest BCUT2D eigenvalue weighted by Gasteiger charge is 2.55. The van der Waals surface area contributed by atoms with Crippen LogP contribution in [0.3, 0.4) is 0 Å². The number of aromatic hydroxyl groups is 2. The number of amides is 1. The van der Waals surface area contributed by atoms with E-state index >= 15 is 0 Å². The molecule has 208 valence electrons. The summed E-state index contributed by atoms with van der Waals surface area (Å²) in [4.78, 5) is 39.0. The highest BCUT2D eigenvalue weighted by molar-refractivity contribution is 7.82. The number of fused-ring (bicyclic) bond motifs is 6. The van der Waals surface area contributed by atoms with E-state index in [0.29, 0.717) is 16.7 Å². The van der Waals surface area contributed by atoms with Crippen molar-refractivity contribution in [2.75, 3.05) is 18.0 Å². The minimum Gasteiger partial charge on any atom is -0.508 e. The Kier molecular flexibility index (Phi) is 7.08. The predicted molar refractivity (Wildman–Crippen MR) is 146 cm³/mol. The summed E-state index contributed by atoms with van der Waals surface area (Å²) in [6.07, 6.45) is 0.117. The lowest BCUT2D eigenvalue weighted by Crippen LogP contribution is -2.40. The van der Waals surface area contributed by atoms with Gasteiger partial charge in [-0.3, -0.25) is 13.9 Å². The van der Waals surface area contributed by atoms with Crippen molar-refractivity contribution in [1.29, 1.82) is 0 Å². The number of hydrogen-bond donors (Lipinski definition) is 5. The van der Waals surface area contributed by atoms with Crippen molar-refractivity contribution >= 4 is 36.3 Å². The molecule has 0 bridgehead atoms. The molecule has 3 aromatic rings. The molecule has 0 saturated carbocycles. The van der Waals surface area contributed by atoms with Gasteiger partial charge < -0.3 is 35.9 Å². The lowest BCUT2D eigenvalue weighted by atomic mass is 9.76. The summed E-state index contributed by atoms with van der Waals surface area (Å²) in [5.41, 5.74) is 11.6. The zero-order valence-electron chi connectivity index (χ0n) is 21.4. The Labute approximate surface area is 234 Å². The van der Waals surface area contributed by atoms with E-state index in [0.717, 1.165) is 4.31 Å². The monoisotopic (exact) mass is 565 g/mol. The molecule has 1 amide bonds. The normalized spacial score (nSPS) is 18.1. The van der Waals surface area contributed by atoms with Gasteiger partial charge in [-0.1, -0.05) is 31.0 Å². The molecule has 5 rings (SSSR count). The molecule has 3 aromatic carbocycles. The maximum absolute atomic E-state index is 13.8. The summed E-state index contributed by atoms with van der Waals surface area (Å²) in [5, 5.41) is 20.8. The summed E-state index contributed by atoms with van der Waals surface area (Å²) >= 11 is 4.52. The Morgan fingerprint density at radius 3 is 2.52 bits per heavy atom. The van der Waals surface area contributed by atoms with Crippen LogP contribution in [0.5, 0.6) is 23.0 Å².